The number of rotatable bonds is 5. The Labute approximate surface area is 78.1 Å². The molecular weight excluding hydrogens is 170 g/mol. The van der Waals surface area contributed by atoms with Gasteiger partial charge in [-0.05, 0) is 13.3 Å². The van der Waals surface area contributed by atoms with E-state index in [0.717, 1.165) is 6.42 Å². The first-order chi connectivity index (χ1) is 6.07. The van der Waals surface area contributed by atoms with E-state index in [9.17, 15) is 4.79 Å². The molecule has 0 rings (SSSR count). The summed E-state index contributed by atoms with van der Waals surface area (Å²) in [5.74, 6) is 0.298. The van der Waals surface area contributed by atoms with E-state index in [4.69, 9.17) is 5.73 Å². The third-order valence-electron chi connectivity index (χ3n) is 1.61. The molecule has 0 radical (unpaired) electrons. The second-order valence-corrected chi connectivity index (χ2v) is 2.89. The fourth-order valence-electron chi connectivity index (χ4n) is 0.878. The van der Waals surface area contributed by atoms with Crippen LogP contribution in [-0.4, -0.2) is 31.5 Å². The molecule has 5 N–H and O–H groups in total. The van der Waals surface area contributed by atoms with E-state index < -0.39 is 0 Å². The maximum Gasteiger partial charge on any atom is 0.364 e. The van der Waals surface area contributed by atoms with Crippen molar-refractivity contribution in [2.45, 2.75) is 25.8 Å². The summed E-state index contributed by atoms with van der Waals surface area (Å²) in [7, 11) is 1.36. The van der Waals surface area contributed by atoms with Crippen molar-refractivity contribution >= 4 is 11.8 Å². The Morgan fingerprint density at radius 3 is 2.77 bits per heavy atom. The van der Waals surface area contributed by atoms with Gasteiger partial charge in [0.15, 0.2) is 6.04 Å². The molecule has 1 atom stereocenters. The molecular formula is C8H18N3O2+. The SMILES string of the molecule is COC(=O)C([NH3+])CCCN=C(C)N. The lowest BCUT2D eigenvalue weighted by Gasteiger charge is -2.04. The average Bonchev–Trinajstić information content (AvgIpc) is 2.10. The number of hydrogen-bond donors (Lipinski definition) is 2. The molecule has 0 amide bonds. The predicted molar refractivity (Wildman–Crippen MR) is 50.1 cm³/mol. The number of carbonyl (C=O) groups is 1. The summed E-state index contributed by atoms with van der Waals surface area (Å²) >= 11 is 0. The van der Waals surface area contributed by atoms with Crippen LogP contribution in [0.15, 0.2) is 4.99 Å². The number of amidine groups is 1. The normalized spacial score (nSPS) is 13.9. The predicted octanol–water partition coefficient (Wildman–Crippen LogP) is -1.07. The lowest BCUT2D eigenvalue weighted by atomic mass is 10.2. The zero-order valence-corrected chi connectivity index (χ0v) is 8.25. The fraction of sp³-hybridized carbons (Fsp3) is 0.750. The second kappa shape index (κ2) is 6.42. The van der Waals surface area contributed by atoms with Crippen LogP contribution in [0.3, 0.4) is 0 Å². The molecule has 0 aromatic heterocycles. The first-order valence-electron chi connectivity index (χ1n) is 4.25. The van der Waals surface area contributed by atoms with E-state index >= 15 is 0 Å². The number of methoxy groups -OCH3 is 1. The summed E-state index contributed by atoms with van der Waals surface area (Å²) in [6.07, 6.45) is 1.49. The van der Waals surface area contributed by atoms with Crippen LogP contribution in [0.2, 0.25) is 0 Å². The lowest BCUT2D eigenvalue weighted by molar-refractivity contribution is -0.409. The standard InChI is InChI=1S/C8H17N3O2/c1-6(9)11-5-3-4-7(10)8(12)13-2/h7H,3-5,10H2,1-2H3,(H2,9,11)/p+1. The third kappa shape index (κ3) is 6.10. The Morgan fingerprint density at radius 2 is 2.31 bits per heavy atom. The molecule has 0 aliphatic rings. The zero-order chi connectivity index (χ0) is 10.3. The van der Waals surface area contributed by atoms with Crippen molar-refractivity contribution in [1.82, 2.24) is 0 Å². The molecule has 5 nitrogen and oxygen atoms in total. The topological polar surface area (TPSA) is 92.3 Å². The number of nitrogens with zero attached hydrogens (tertiary/aromatic N) is 1. The van der Waals surface area contributed by atoms with Crippen molar-refractivity contribution in [3.05, 3.63) is 0 Å². The van der Waals surface area contributed by atoms with Crippen LogP contribution in [0.4, 0.5) is 0 Å². The number of ether oxygens (including phenoxy) is 1. The molecule has 13 heavy (non-hydrogen) atoms. The molecule has 0 aliphatic carbocycles. The average molecular weight is 188 g/mol. The highest BCUT2D eigenvalue weighted by Crippen LogP contribution is 1.95. The summed E-state index contributed by atoms with van der Waals surface area (Å²) in [6.45, 7) is 2.38. The Balaban J connectivity index is 3.53. The van der Waals surface area contributed by atoms with Crippen molar-refractivity contribution in [2.75, 3.05) is 13.7 Å². The molecule has 0 bridgehead atoms. The Kier molecular flexibility index (Phi) is 5.88. The second-order valence-electron chi connectivity index (χ2n) is 2.89. The Morgan fingerprint density at radius 1 is 1.69 bits per heavy atom. The van der Waals surface area contributed by atoms with Crippen LogP contribution < -0.4 is 11.5 Å². The molecule has 0 heterocycles. The first kappa shape index (κ1) is 11.9. The van der Waals surface area contributed by atoms with Gasteiger partial charge in [-0.2, -0.15) is 0 Å². The maximum atomic E-state index is 10.9. The van der Waals surface area contributed by atoms with Gasteiger partial charge in [0.2, 0.25) is 0 Å². The van der Waals surface area contributed by atoms with E-state index in [1.165, 1.54) is 7.11 Å². The summed E-state index contributed by atoms with van der Waals surface area (Å²) in [6, 6.07) is -0.293. The van der Waals surface area contributed by atoms with Crippen molar-refractivity contribution in [3.8, 4) is 0 Å². The molecule has 0 aromatic rings. The minimum absolute atomic E-state index is 0.270. The molecule has 0 saturated carbocycles. The number of aliphatic imine (C=N–C) groups is 1. The highest BCUT2D eigenvalue weighted by Gasteiger charge is 2.16. The lowest BCUT2D eigenvalue weighted by Crippen LogP contribution is -2.65. The molecule has 5 heteroatoms. The van der Waals surface area contributed by atoms with Gasteiger partial charge in [-0.1, -0.05) is 0 Å². The van der Waals surface area contributed by atoms with Crippen molar-refractivity contribution in [3.63, 3.8) is 0 Å². The van der Waals surface area contributed by atoms with Gasteiger partial charge in [0.1, 0.15) is 0 Å². The summed E-state index contributed by atoms with van der Waals surface area (Å²) in [5, 5.41) is 0. The Bertz CT molecular complexity index is 188. The third-order valence-corrected chi connectivity index (χ3v) is 1.61. The van der Waals surface area contributed by atoms with E-state index in [1.807, 2.05) is 0 Å². The summed E-state index contributed by atoms with van der Waals surface area (Å²) < 4.78 is 4.53. The highest BCUT2D eigenvalue weighted by atomic mass is 16.5. The van der Waals surface area contributed by atoms with Crippen molar-refractivity contribution in [2.24, 2.45) is 10.7 Å². The smallest absolute Gasteiger partial charge is 0.364 e. The molecule has 0 spiro atoms. The van der Waals surface area contributed by atoms with E-state index in [2.05, 4.69) is 15.5 Å². The van der Waals surface area contributed by atoms with Gasteiger partial charge in [0, 0.05) is 13.0 Å². The molecule has 0 aliphatic heterocycles. The van der Waals surface area contributed by atoms with Gasteiger partial charge in [-0.25, -0.2) is 4.79 Å². The minimum Gasteiger partial charge on any atom is -0.465 e. The number of nitrogens with two attached hydrogens (primary N) is 1. The van der Waals surface area contributed by atoms with Crippen LogP contribution in [-0.2, 0) is 9.53 Å². The molecule has 1 unspecified atom stereocenters. The molecule has 0 aromatic carbocycles. The molecule has 76 valence electrons. The van der Waals surface area contributed by atoms with Crippen LogP contribution in [0.1, 0.15) is 19.8 Å². The fourth-order valence-corrected chi connectivity index (χ4v) is 0.878. The minimum atomic E-state index is -0.293. The first-order valence-corrected chi connectivity index (χ1v) is 4.25. The summed E-state index contributed by atoms with van der Waals surface area (Å²) in [4.78, 5) is 14.9. The number of hydrogen-bond acceptors (Lipinski definition) is 3. The van der Waals surface area contributed by atoms with Crippen LogP contribution in [0, 0.1) is 0 Å². The van der Waals surface area contributed by atoms with Crippen LogP contribution in [0.25, 0.3) is 0 Å². The Hall–Kier alpha value is -1.10. The van der Waals surface area contributed by atoms with Gasteiger partial charge in [-0.3, -0.25) is 4.99 Å². The maximum absolute atomic E-state index is 10.9. The van der Waals surface area contributed by atoms with Crippen LogP contribution in [0.5, 0.6) is 0 Å². The number of carbonyl (C=O) groups excluding carboxylic acids is 1. The largest absolute Gasteiger partial charge is 0.465 e. The zero-order valence-electron chi connectivity index (χ0n) is 8.25. The van der Waals surface area contributed by atoms with E-state index in [0.29, 0.717) is 18.8 Å². The highest BCUT2D eigenvalue weighted by molar-refractivity contribution is 5.77. The number of esters is 1. The van der Waals surface area contributed by atoms with Gasteiger partial charge >= 0.3 is 5.97 Å². The van der Waals surface area contributed by atoms with Gasteiger partial charge in [-0.15, -0.1) is 0 Å². The molecule has 0 saturated heterocycles. The van der Waals surface area contributed by atoms with E-state index in [1.54, 1.807) is 6.92 Å². The van der Waals surface area contributed by atoms with Crippen LogP contribution >= 0.6 is 0 Å². The monoisotopic (exact) mass is 188 g/mol. The number of quaternary nitrogens is 1. The van der Waals surface area contributed by atoms with Gasteiger partial charge < -0.3 is 16.2 Å². The van der Waals surface area contributed by atoms with Crippen molar-refractivity contribution in [1.29, 1.82) is 0 Å². The van der Waals surface area contributed by atoms with E-state index in [-0.39, 0.29) is 12.0 Å². The van der Waals surface area contributed by atoms with Crippen molar-refractivity contribution < 1.29 is 15.3 Å². The quantitative estimate of drug-likeness (QED) is 0.249. The molecule has 0 fully saturated rings. The van der Waals surface area contributed by atoms with Gasteiger partial charge in [0.05, 0.1) is 12.9 Å². The van der Waals surface area contributed by atoms with Gasteiger partial charge in [0.25, 0.3) is 0 Å². The summed E-state index contributed by atoms with van der Waals surface area (Å²) in [5.41, 5.74) is 9.01.